The first-order valence-corrected chi connectivity index (χ1v) is 5.63. The predicted octanol–water partition coefficient (Wildman–Crippen LogP) is 1.56. The summed E-state index contributed by atoms with van der Waals surface area (Å²) in [5, 5.41) is 3.37. The van der Waals surface area contributed by atoms with Gasteiger partial charge in [-0.3, -0.25) is 4.79 Å². The van der Waals surface area contributed by atoms with Crippen LogP contribution in [0.4, 0.5) is 0 Å². The molecular formula is C11H21ClN2O. The second-order valence-electron chi connectivity index (χ2n) is 5.11. The number of nitrogens with zero attached hydrogens (tertiary/aromatic N) is 1. The fourth-order valence-corrected chi connectivity index (χ4v) is 2.39. The van der Waals surface area contributed by atoms with E-state index in [0.29, 0.717) is 18.4 Å². The van der Waals surface area contributed by atoms with Crippen LogP contribution < -0.4 is 5.32 Å². The van der Waals surface area contributed by atoms with Crippen LogP contribution in [0.25, 0.3) is 0 Å². The number of carbonyl (C=O) groups excluding carboxylic acids is 1. The minimum atomic E-state index is 0. The second-order valence-corrected chi connectivity index (χ2v) is 5.11. The number of nitrogens with one attached hydrogen (secondary N) is 1. The van der Waals surface area contributed by atoms with E-state index in [2.05, 4.69) is 19.2 Å². The summed E-state index contributed by atoms with van der Waals surface area (Å²) in [7, 11) is 0. The molecule has 0 aliphatic carbocycles. The van der Waals surface area contributed by atoms with Crippen LogP contribution in [0.2, 0.25) is 0 Å². The van der Waals surface area contributed by atoms with Gasteiger partial charge in [0.1, 0.15) is 0 Å². The number of amides is 1. The molecule has 0 spiro atoms. The Kier molecular flexibility index (Phi) is 4.01. The van der Waals surface area contributed by atoms with Gasteiger partial charge >= 0.3 is 0 Å². The highest BCUT2D eigenvalue weighted by Crippen LogP contribution is 2.30. The first kappa shape index (κ1) is 12.8. The molecule has 0 aromatic heterocycles. The summed E-state index contributed by atoms with van der Waals surface area (Å²) in [4.78, 5) is 13.9. The van der Waals surface area contributed by atoms with Crippen LogP contribution in [-0.4, -0.2) is 35.5 Å². The third-order valence-electron chi connectivity index (χ3n) is 3.56. The SMILES string of the molecule is CC1(C)CCN1C(=O)CC1CCCN1.Cl. The van der Waals surface area contributed by atoms with Crippen molar-refractivity contribution in [2.75, 3.05) is 13.1 Å². The molecule has 1 N–H and O–H groups in total. The molecule has 0 bridgehead atoms. The zero-order chi connectivity index (χ0) is 10.2. The summed E-state index contributed by atoms with van der Waals surface area (Å²) in [6.07, 6.45) is 4.24. The van der Waals surface area contributed by atoms with Crippen molar-refractivity contribution in [3.63, 3.8) is 0 Å². The Bertz CT molecular complexity index is 237. The lowest BCUT2D eigenvalue weighted by Crippen LogP contribution is -2.59. The van der Waals surface area contributed by atoms with Gasteiger partial charge in [-0.1, -0.05) is 0 Å². The molecule has 0 radical (unpaired) electrons. The third-order valence-corrected chi connectivity index (χ3v) is 3.56. The third kappa shape index (κ3) is 2.64. The highest BCUT2D eigenvalue weighted by molar-refractivity contribution is 5.85. The molecule has 1 amide bonds. The summed E-state index contributed by atoms with van der Waals surface area (Å²) in [5.41, 5.74) is 0.121. The van der Waals surface area contributed by atoms with E-state index >= 15 is 0 Å². The Morgan fingerprint density at radius 3 is 2.67 bits per heavy atom. The van der Waals surface area contributed by atoms with Crippen molar-refractivity contribution in [1.82, 2.24) is 10.2 Å². The molecule has 0 aromatic rings. The molecular weight excluding hydrogens is 212 g/mol. The molecule has 2 heterocycles. The zero-order valence-electron chi connectivity index (χ0n) is 9.58. The first-order valence-electron chi connectivity index (χ1n) is 5.63. The van der Waals surface area contributed by atoms with E-state index < -0.39 is 0 Å². The van der Waals surface area contributed by atoms with E-state index in [1.807, 2.05) is 4.90 Å². The topological polar surface area (TPSA) is 32.3 Å². The van der Waals surface area contributed by atoms with Crippen LogP contribution in [-0.2, 0) is 4.79 Å². The van der Waals surface area contributed by atoms with Crippen molar-refractivity contribution < 1.29 is 4.79 Å². The van der Waals surface area contributed by atoms with E-state index in [-0.39, 0.29) is 17.9 Å². The van der Waals surface area contributed by atoms with Gasteiger partial charge in [-0.05, 0) is 39.7 Å². The van der Waals surface area contributed by atoms with E-state index in [1.54, 1.807) is 0 Å². The molecule has 2 aliphatic rings. The number of likely N-dealkylation sites (tertiary alicyclic amines) is 1. The van der Waals surface area contributed by atoms with Crippen LogP contribution in [0.1, 0.15) is 39.5 Å². The van der Waals surface area contributed by atoms with E-state index in [1.165, 1.54) is 12.8 Å². The van der Waals surface area contributed by atoms with E-state index in [4.69, 9.17) is 0 Å². The van der Waals surface area contributed by atoms with E-state index in [0.717, 1.165) is 19.5 Å². The average Bonchev–Trinajstić information content (AvgIpc) is 2.55. The first-order chi connectivity index (χ1) is 6.59. The zero-order valence-corrected chi connectivity index (χ0v) is 10.4. The Labute approximate surface area is 98.0 Å². The van der Waals surface area contributed by atoms with Crippen LogP contribution in [0.5, 0.6) is 0 Å². The summed E-state index contributed by atoms with van der Waals surface area (Å²) in [6, 6.07) is 0.443. The molecule has 0 aromatic carbocycles. The second kappa shape index (κ2) is 4.71. The Hall–Kier alpha value is -0.280. The molecule has 2 rings (SSSR count). The van der Waals surface area contributed by atoms with Crippen molar-refractivity contribution in [2.24, 2.45) is 0 Å². The highest BCUT2D eigenvalue weighted by Gasteiger charge is 2.39. The standard InChI is InChI=1S/C11H20N2O.ClH/c1-11(2)5-7-13(11)10(14)8-9-4-3-6-12-9;/h9,12H,3-8H2,1-2H3;1H. The Morgan fingerprint density at radius 1 is 1.53 bits per heavy atom. The maximum absolute atomic E-state index is 11.9. The fraction of sp³-hybridized carbons (Fsp3) is 0.909. The molecule has 15 heavy (non-hydrogen) atoms. The lowest BCUT2D eigenvalue weighted by molar-refractivity contribution is -0.145. The van der Waals surface area contributed by atoms with Crippen LogP contribution >= 0.6 is 12.4 Å². The largest absolute Gasteiger partial charge is 0.337 e. The number of rotatable bonds is 2. The molecule has 0 saturated carbocycles. The maximum Gasteiger partial charge on any atom is 0.224 e. The smallest absolute Gasteiger partial charge is 0.224 e. The van der Waals surface area contributed by atoms with Crippen LogP contribution in [0.15, 0.2) is 0 Å². The summed E-state index contributed by atoms with van der Waals surface area (Å²) >= 11 is 0. The molecule has 88 valence electrons. The quantitative estimate of drug-likeness (QED) is 0.784. The Morgan fingerprint density at radius 2 is 2.27 bits per heavy atom. The van der Waals surface area contributed by atoms with Gasteiger partial charge in [-0.2, -0.15) is 0 Å². The number of halogens is 1. The molecule has 2 fully saturated rings. The van der Waals surface area contributed by atoms with Gasteiger partial charge in [-0.15, -0.1) is 12.4 Å². The predicted molar refractivity (Wildman–Crippen MR) is 63.3 cm³/mol. The fourth-order valence-electron chi connectivity index (χ4n) is 2.39. The van der Waals surface area contributed by atoms with Gasteiger partial charge in [0, 0.05) is 24.5 Å². The lowest BCUT2D eigenvalue weighted by Gasteiger charge is -2.48. The monoisotopic (exact) mass is 232 g/mol. The van der Waals surface area contributed by atoms with Crippen molar-refractivity contribution in [3.05, 3.63) is 0 Å². The molecule has 2 aliphatic heterocycles. The molecule has 1 atom stereocenters. The van der Waals surface area contributed by atoms with Crippen molar-refractivity contribution in [1.29, 1.82) is 0 Å². The highest BCUT2D eigenvalue weighted by atomic mass is 35.5. The molecule has 4 heteroatoms. The maximum atomic E-state index is 11.9. The molecule has 1 unspecified atom stereocenters. The molecule has 2 saturated heterocycles. The van der Waals surface area contributed by atoms with Crippen molar-refractivity contribution >= 4 is 18.3 Å². The average molecular weight is 233 g/mol. The molecule has 3 nitrogen and oxygen atoms in total. The summed E-state index contributed by atoms with van der Waals surface area (Å²) < 4.78 is 0. The van der Waals surface area contributed by atoms with Gasteiger partial charge in [0.05, 0.1) is 0 Å². The van der Waals surface area contributed by atoms with Crippen molar-refractivity contribution in [2.45, 2.75) is 51.1 Å². The number of carbonyl (C=O) groups is 1. The van der Waals surface area contributed by atoms with Gasteiger partial charge in [0.2, 0.25) is 5.91 Å². The summed E-state index contributed by atoms with van der Waals surface area (Å²) in [5.74, 6) is 0.334. The van der Waals surface area contributed by atoms with Crippen molar-refractivity contribution in [3.8, 4) is 0 Å². The van der Waals surface area contributed by atoms with Gasteiger partial charge in [0.15, 0.2) is 0 Å². The summed E-state index contributed by atoms with van der Waals surface area (Å²) in [6.45, 7) is 6.34. The van der Waals surface area contributed by atoms with Crippen LogP contribution in [0, 0.1) is 0 Å². The van der Waals surface area contributed by atoms with Gasteiger partial charge in [0.25, 0.3) is 0 Å². The minimum absolute atomic E-state index is 0. The Balaban J connectivity index is 0.00000112. The van der Waals surface area contributed by atoms with Crippen LogP contribution in [0.3, 0.4) is 0 Å². The number of hydrogen-bond donors (Lipinski definition) is 1. The lowest BCUT2D eigenvalue weighted by atomic mass is 9.88. The normalized spacial score (nSPS) is 28.1. The minimum Gasteiger partial charge on any atom is -0.337 e. The number of hydrogen-bond acceptors (Lipinski definition) is 2. The van der Waals surface area contributed by atoms with E-state index in [9.17, 15) is 4.79 Å². The van der Waals surface area contributed by atoms with Gasteiger partial charge < -0.3 is 10.2 Å². The van der Waals surface area contributed by atoms with Gasteiger partial charge in [-0.25, -0.2) is 0 Å².